The lowest BCUT2D eigenvalue weighted by Gasteiger charge is -2.33. The highest BCUT2D eigenvalue weighted by Crippen LogP contribution is 2.13. The summed E-state index contributed by atoms with van der Waals surface area (Å²) in [5, 5.41) is 3.25. The summed E-state index contributed by atoms with van der Waals surface area (Å²) in [5.41, 5.74) is 0. The van der Waals surface area contributed by atoms with Gasteiger partial charge >= 0.3 is 11.9 Å². The van der Waals surface area contributed by atoms with Gasteiger partial charge in [-0.15, -0.1) is 0 Å². The van der Waals surface area contributed by atoms with Crippen LogP contribution < -0.4 is 5.32 Å². The van der Waals surface area contributed by atoms with Crippen LogP contribution in [0.1, 0.15) is 33.1 Å². The molecule has 0 unspecified atom stereocenters. The van der Waals surface area contributed by atoms with E-state index in [1.165, 1.54) is 0 Å². The molecule has 0 atom stereocenters. The predicted octanol–water partition coefficient (Wildman–Crippen LogP) is 0.540. The molecule has 1 aliphatic rings. The molecule has 0 aromatic rings. The van der Waals surface area contributed by atoms with Gasteiger partial charge in [-0.1, -0.05) is 6.92 Å². The Morgan fingerprint density at radius 2 is 1.94 bits per heavy atom. The molecule has 5 nitrogen and oxygen atoms in total. The number of amides is 1. The largest absolute Gasteiger partial charge is 0.459 e. The molecule has 0 saturated carbocycles. The molecule has 0 spiro atoms. The van der Waals surface area contributed by atoms with E-state index in [2.05, 4.69) is 5.32 Å². The average molecular weight is 242 g/mol. The fourth-order valence-electron chi connectivity index (χ4n) is 2.12. The quantitative estimate of drug-likeness (QED) is 0.577. The second kappa shape index (κ2) is 7.27. The summed E-state index contributed by atoms with van der Waals surface area (Å²) in [6.07, 6.45) is 2.67. The van der Waals surface area contributed by atoms with Crippen LogP contribution in [-0.4, -0.2) is 49.1 Å². The van der Waals surface area contributed by atoms with E-state index in [0.717, 1.165) is 32.4 Å². The normalized spacial score (nSPS) is 16.6. The SMILES string of the molecule is CCCN(C(=O)C(=O)OCC)C1CCNCC1. The summed E-state index contributed by atoms with van der Waals surface area (Å²) in [5.74, 6) is -1.21. The Morgan fingerprint density at radius 1 is 1.29 bits per heavy atom. The van der Waals surface area contributed by atoms with Crippen molar-refractivity contribution in [1.29, 1.82) is 0 Å². The van der Waals surface area contributed by atoms with Crippen molar-refractivity contribution in [2.75, 3.05) is 26.2 Å². The Hall–Kier alpha value is -1.10. The number of hydrogen-bond donors (Lipinski definition) is 1. The zero-order valence-electron chi connectivity index (χ0n) is 10.7. The number of esters is 1. The van der Waals surface area contributed by atoms with Gasteiger partial charge in [0.15, 0.2) is 0 Å². The third kappa shape index (κ3) is 4.00. The van der Waals surface area contributed by atoms with Crippen LogP contribution in [-0.2, 0) is 14.3 Å². The molecule has 0 aliphatic carbocycles. The van der Waals surface area contributed by atoms with Gasteiger partial charge in [0.1, 0.15) is 0 Å². The summed E-state index contributed by atoms with van der Waals surface area (Å²) >= 11 is 0. The topological polar surface area (TPSA) is 58.6 Å². The Labute approximate surface area is 102 Å². The van der Waals surface area contributed by atoms with Crippen LogP contribution in [0.25, 0.3) is 0 Å². The molecular weight excluding hydrogens is 220 g/mol. The monoisotopic (exact) mass is 242 g/mol. The molecule has 1 rings (SSSR count). The van der Waals surface area contributed by atoms with Gasteiger partial charge in [-0.05, 0) is 39.3 Å². The van der Waals surface area contributed by atoms with Crippen LogP contribution in [0, 0.1) is 0 Å². The van der Waals surface area contributed by atoms with Crippen molar-refractivity contribution in [2.24, 2.45) is 0 Å². The summed E-state index contributed by atoms with van der Waals surface area (Å²) < 4.78 is 4.78. The fraction of sp³-hybridized carbons (Fsp3) is 0.833. The van der Waals surface area contributed by atoms with Crippen molar-refractivity contribution in [1.82, 2.24) is 10.2 Å². The van der Waals surface area contributed by atoms with Crippen LogP contribution in [0.3, 0.4) is 0 Å². The molecular formula is C12H22N2O3. The molecule has 5 heteroatoms. The van der Waals surface area contributed by atoms with Crippen molar-refractivity contribution in [2.45, 2.75) is 39.2 Å². The molecule has 1 amide bonds. The van der Waals surface area contributed by atoms with E-state index in [1.807, 2.05) is 6.92 Å². The highest BCUT2D eigenvalue weighted by atomic mass is 16.5. The minimum absolute atomic E-state index is 0.174. The van der Waals surface area contributed by atoms with E-state index >= 15 is 0 Å². The highest BCUT2D eigenvalue weighted by Gasteiger charge is 2.29. The van der Waals surface area contributed by atoms with Crippen molar-refractivity contribution in [3.05, 3.63) is 0 Å². The van der Waals surface area contributed by atoms with Gasteiger partial charge < -0.3 is 15.0 Å². The Morgan fingerprint density at radius 3 is 2.47 bits per heavy atom. The van der Waals surface area contributed by atoms with Crippen molar-refractivity contribution < 1.29 is 14.3 Å². The van der Waals surface area contributed by atoms with Gasteiger partial charge in [0.2, 0.25) is 0 Å². The van der Waals surface area contributed by atoms with Crippen LogP contribution in [0.2, 0.25) is 0 Å². The lowest BCUT2D eigenvalue weighted by Crippen LogP contribution is -2.49. The van der Waals surface area contributed by atoms with Gasteiger partial charge in [-0.25, -0.2) is 4.79 Å². The van der Waals surface area contributed by atoms with E-state index in [9.17, 15) is 9.59 Å². The second-order valence-corrected chi connectivity index (χ2v) is 4.20. The maximum absolute atomic E-state index is 12.0. The van der Waals surface area contributed by atoms with E-state index in [0.29, 0.717) is 6.54 Å². The number of nitrogens with one attached hydrogen (secondary N) is 1. The highest BCUT2D eigenvalue weighted by molar-refractivity contribution is 6.32. The van der Waals surface area contributed by atoms with Crippen LogP contribution >= 0.6 is 0 Å². The van der Waals surface area contributed by atoms with Crippen molar-refractivity contribution >= 4 is 11.9 Å². The summed E-state index contributed by atoms with van der Waals surface area (Å²) in [4.78, 5) is 25.1. The van der Waals surface area contributed by atoms with Gasteiger partial charge in [-0.3, -0.25) is 4.79 Å². The minimum atomic E-state index is -0.723. The molecule has 1 aliphatic heterocycles. The molecule has 0 radical (unpaired) electrons. The number of piperidine rings is 1. The van der Waals surface area contributed by atoms with Crippen LogP contribution in [0.4, 0.5) is 0 Å². The molecule has 1 saturated heterocycles. The number of ether oxygens (including phenoxy) is 1. The van der Waals surface area contributed by atoms with Gasteiger partial charge in [0, 0.05) is 12.6 Å². The maximum Gasteiger partial charge on any atom is 0.397 e. The third-order valence-electron chi connectivity index (χ3n) is 2.92. The average Bonchev–Trinajstić information content (AvgIpc) is 2.36. The Balaban J connectivity index is 2.62. The second-order valence-electron chi connectivity index (χ2n) is 4.20. The molecule has 0 aromatic heterocycles. The van der Waals surface area contributed by atoms with E-state index in [-0.39, 0.29) is 12.6 Å². The zero-order valence-corrected chi connectivity index (χ0v) is 10.7. The van der Waals surface area contributed by atoms with Gasteiger partial charge in [-0.2, -0.15) is 0 Å². The lowest BCUT2D eigenvalue weighted by atomic mass is 10.0. The minimum Gasteiger partial charge on any atom is -0.459 e. The van der Waals surface area contributed by atoms with E-state index in [4.69, 9.17) is 4.74 Å². The smallest absolute Gasteiger partial charge is 0.397 e. The standard InChI is InChI=1S/C12H22N2O3/c1-3-9-14(10-5-7-13-8-6-10)11(15)12(16)17-4-2/h10,13H,3-9H2,1-2H3. The predicted molar refractivity (Wildman–Crippen MR) is 64.5 cm³/mol. The number of carbonyl (C=O) groups excluding carboxylic acids is 2. The Kier molecular flexibility index (Phi) is 5.97. The molecule has 0 aromatic carbocycles. The first kappa shape index (κ1) is 14.0. The fourth-order valence-corrected chi connectivity index (χ4v) is 2.12. The lowest BCUT2D eigenvalue weighted by molar-refractivity contribution is -0.161. The van der Waals surface area contributed by atoms with E-state index < -0.39 is 11.9 Å². The summed E-state index contributed by atoms with van der Waals surface area (Å²) in [6.45, 7) is 6.40. The van der Waals surface area contributed by atoms with Crippen molar-refractivity contribution in [3.8, 4) is 0 Å². The Bertz CT molecular complexity index is 262. The molecule has 98 valence electrons. The van der Waals surface area contributed by atoms with Crippen molar-refractivity contribution in [3.63, 3.8) is 0 Å². The zero-order chi connectivity index (χ0) is 12.7. The number of nitrogens with zero attached hydrogens (tertiary/aromatic N) is 1. The molecule has 1 N–H and O–H groups in total. The molecule has 17 heavy (non-hydrogen) atoms. The van der Waals surface area contributed by atoms with Gasteiger partial charge in [0.05, 0.1) is 6.61 Å². The molecule has 1 heterocycles. The first-order chi connectivity index (χ1) is 8.20. The number of hydrogen-bond acceptors (Lipinski definition) is 4. The first-order valence-corrected chi connectivity index (χ1v) is 6.39. The first-order valence-electron chi connectivity index (χ1n) is 6.39. The molecule has 0 bridgehead atoms. The molecule has 1 fully saturated rings. The number of carbonyl (C=O) groups is 2. The third-order valence-corrected chi connectivity index (χ3v) is 2.92. The van der Waals surface area contributed by atoms with E-state index in [1.54, 1.807) is 11.8 Å². The summed E-state index contributed by atoms with van der Waals surface area (Å²) in [6, 6.07) is 0.174. The summed E-state index contributed by atoms with van der Waals surface area (Å²) in [7, 11) is 0. The van der Waals surface area contributed by atoms with Gasteiger partial charge in [0.25, 0.3) is 0 Å². The number of rotatable bonds is 4. The van der Waals surface area contributed by atoms with Crippen LogP contribution in [0.15, 0.2) is 0 Å². The van der Waals surface area contributed by atoms with Crippen LogP contribution in [0.5, 0.6) is 0 Å². The maximum atomic E-state index is 12.0.